The molecular formula is C14H8BrN3OS. The Morgan fingerprint density at radius 1 is 1.25 bits per heavy atom. The highest BCUT2D eigenvalue weighted by Crippen LogP contribution is 2.35. The van der Waals surface area contributed by atoms with Crippen LogP contribution in [0.3, 0.4) is 0 Å². The molecule has 3 aromatic rings. The van der Waals surface area contributed by atoms with Gasteiger partial charge in [0.25, 0.3) is 5.22 Å². The number of aromatic nitrogens is 1. The van der Waals surface area contributed by atoms with Crippen LogP contribution in [0, 0.1) is 11.3 Å². The molecule has 2 aromatic carbocycles. The Labute approximate surface area is 127 Å². The van der Waals surface area contributed by atoms with Crippen molar-refractivity contribution in [3.05, 3.63) is 46.4 Å². The number of benzene rings is 2. The topological polar surface area (TPSA) is 75.8 Å². The Morgan fingerprint density at radius 3 is 2.85 bits per heavy atom. The zero-order valence-electron chi connectivity index (χ0n) is 10.1. The van der Waals surface area contributed by atoms with Crippen LogP contribution >= 0.6 is 27.7 Å². The van der Waals surface area contributed by atoms with Gasteiger partial charge in [-0.1, -0.05) is 0 Å². The molecule has 0 saturated carbocycles. The third-order valence-electron chi connectivity index (χ3n) is 2.65. The first kappa shape index (κ1) is 13.0. The molecule has 6 heteroatoms. The van der Waals surface area contributed by atoms with Crippen LogP contribution in [0.5, 0.6) is 0 Å². The van der Waals surface area contributed by atoms with E-state index in [2.05, 4.69) is 27.0 Å². The van der Waals surface area contributed by atoms with Gasteiger partial charge in [0, 0.05) is 15.1 Å². The number of hydrogen-bond acceptors (Lipinski definition) is 5. The van der Waals surface area contributed by atoms with Crippen molar-refractivity contribution in [3.63, 3.8) is 0 Å². The van der Waals surface area contributed by atoms with Crippen LogP contribution in [0.1, 0.15) is 5.56 Å². The zero-order valence-corrected chi connectivity index (χ0v) is 12.5. The largest absolute Gasteiger partial charge is 0.431 e. The summed E-state index contributed by atoms with van der Waals surface area (Å²) in [6.07, 6.45) is 0. The predicted molar refractivity (Wildman–Crippen MR) is 81.4 cm³/mol. The van der Waals surface area contributed by atoms with Gasteiger partial charge in [0.05, 0.1) is 11.6 Å². The van der Waals surface area contributed by atoms with E-state index in [1.165, 1.54) is 11.8 Å². The van der Waals surface area contributed by atoms with Crippen molar-refractivity contribution in [2.75, 3.05) is 5.73 Å². The summed E-state index contributed by atoms with van der Waals surface area (Å²) in [4.78, 5) is 5.32. The Kier molecular flexibility index (Phi) is 3.38. The molecular weight excluding hydrogens is 338 g/mol. The Balaban J connectivity index is 1.95. The minimum Gasteiger partial charge on any atom is -0.431 e. The number of rotatable bonds is 2. The van der Waals surface area contributed by atoms with Gasteiger partial charge in [-0.2, -0.15) is 5.26 Å². The summed E-state index contributed by atoms with van der Waals surface area (Å²) in [5.74, 6) is 0. The summed E-state index contributed by atoms with van der Waals surface area (Å²) in [6.45, 7) is 0. The molecule has 20 heavy (non-hydrogen) atoms. The lowest BCUT2D eigenvalue weighted by atomic mass is 10.2. The quantitative estimate of drug-likeness (QED) is 0.704. The van der Waals surface area contributed by atoms with Gasteiger partial charge in [0.15, 0.2) is 5.58 Å². The molecule has 0 spiro atoms. The first-order valence-electron chi connectivity index (χ1n) is 5.69. The highest BCUT2D eigenvalue weighted by Gasteiger charge is 2.10. The van der Waals surface area contributed by atoms with Crippen LogP contribution < -0.4 is 5.73 Å². The molecule has 4 nitrogen and oxygen atoms in total. The van der Waals surface area contributed by atoms with E-state index in [-0.39, 0.29) is 0 Å². The smallest absolute Gasteiger partial charge is 0.261 e. The van der Waals surface area contributed by atoms with Gasteiger partial charge >= 0.3 is 0 Å². The molecule has 0 aliphatic rings. The van der Waals surface area contributed by atoms with Gasteiger partial charge in [-0.3, -0.25) is 0 Å². The first-order chi connectivity index (χ1) is 9.65. The lowest BCUT2D eigenvalue weighted by Crippen LogP contribution is -1.82. The molecule has 98 valence electrons. The number of hydrogen-bond donors (Lipinski definition) is 1. The van der Waals surface area contributed by atoms with Crippen LogP contribution in [0.2, 0.25) is 0 Å². The summed E-state index contributed by atoms with van der Waals surface area (Å²) in [5.41, 5.74) is 8.41. The molecule has 0 amide bonds. The summed E-state index contributed by atoms with van der Waals surface area (Å²) in [7, 11) is 0. The third-order valence-corrected chi connectivity index (χ3v) is 4.49. The van der Waals surface area contributed by atoms with Crippen LogP contribution in [0.15, 0.2) is 55.4 Å². The monoisotopic (exact) mass is 345 g/mol. The van der Waals surface area contributed by atoms with Crippen molar-refractivity contribution < 1.29 is 4.42 Å². The average molecular weight is 346 g/mol. The van der Waals surface area contributed by atoms with Crippen molar-refractivity contribution in [1.29, 1.82) is 5.26 Å². The van der Waals surface area contributed by atoms with E-state index in [4.69, 9.17) is 15.4 Å². The maximum Gasteiger partial charge on any atom is 0.261 e. The summed E-state index contributed by atoms with van der Waals surface area (Å²) in [6, 6.07) is 12.8. The Morgan fingerprint density at radius 2 is 2.10 bits per heavy atom. The Bertz CT molecular complexity index is 838. The van der Waals surface area contributed by atoms with Crippen molar-refractivity contribution in [3.8, 4) is 6.07 Å². The van der Waals surface area contributed by atoms with Gasteiger partial charge in [0.1, 0.15) is 5.52 Å². The van der Waals surface area contributed by atoms with E-state index in [9.17, 15) is 0 Å². The van der Waals surface area contributed by atoms with Crippen molar-refractivity contribution >= 4 is 44.5 Å². The first-order valence-corrected chi connectivity index (χ1v) is 7.30. The van der Waals surface area contributed by atoms with Gasteiger partial charge < -0.3 is 10.2 Å². The number of nitrogens with two attached hydrogens (primary N) is 1. The number of halogens is 1. The second kappa shape index (κ2) is 5.19. The third kappa shape index (κ3) is 2.50. The van der Waals surface area contributed by atoms with Crippen molar-refractivity contribution in [2.45, 2.75) is 10.1 Å². The van der Waals surface area contributed by atoms with Crippen molar-refractivity contribution in [1.82, 2.24) is 4.98 Å². The molecule has 0 aliphatic carbocycles. The highest BCUT2D eigenvalue weighted by atomic mass is 79.9. The van der Waals surface area contributed by atoms with Gasteiger partial charge in [-0.05, 0) is 64.1 Å². The minimum atomic E-state index is 0.538. The van der Waals surface area contributed by atoms with E-state index in [1.807, 2.05) is 6.07 Å². The summed E-state index contributed by atoms with van der Waals surface area (Å²) < 4.78 is 6.49. The molecule has 0 radical (unpaired) electrons. The standard InChI is InChI=1S/C14H8BrN3OS/c15-10-5-8(7-16)1-4-13(10)20-14-18-11-6-9(17)2-3-12(11)19-14/h1-6H,17H2. The second-order valence-electron chi connectivity index (χ2n) is 4.07. The lowest BCUT2D eigenvalue weighted by Gasteiger charge is -2.00. The molecule has 0 atom stereocenters. The number of nitrogens with zero attached hydrogens (tertiary/aromatic N) is 2. The number of anilines is 1. The maximum absolute atomic E-state index is 8.84. The molecule has 3 rings (SSSR count). The summed E-state index contributed by atoms with van der Waals surface area (Å²) in [5, 5.41) is 9.38. The van der Waals surface area contributed by atoms with E-state index < -0.39 is 0 Å². The van der Waals surface area contributed by atoms with Gasteiger partial charge in [-0.15, -0.1) is 0 Å². The fraction of sp³-hybridized carbons (Fsp3) is 0. The second-order valence-corrected chi connectivity index (χ2v) is 5.91. The lowest BCUT2D eigenvalue weighted by molar-refractivity contribution is 0.489. The van der Waals surface area contributed by atoms with E-state index in [0.717, 1.165) is 14.9 Å². The molecule has 0 fully saturated rings. The van der Waals surface area contributed by atoms with Crippen LogP contribution in [-0.4, -0.2) is 4.98 Å². The van der Waals surface area contributed by atoms with E-state index >= 15 is 0 Å². The Hall–Kier alpha value is -1.97. The number of fused-ring (bicyclic) bond motifs is 1. The van der Waals surface area contributed by atoms with E-state index in [1.54, 1.807) is 30.3 Å². The van der Waals surface area contributed by atoms with Crippen LogP contribution in [0.4, 0.5) is 5.69 Å². The van der Waals surface area contributed by atoms with Crippen LogP contribution in [-0.2, 0) is 0 Å². The van der Waals surface area contributed by atoms with Gasteiger partial charge in [-0.25, -0.2) is 4.98 Å². The van der Waals surface area contributed by atoms with Gasteiger partial charge in [0.2, 0.25) is 0 Å². The maximum atomic E-state index is 8.84. The minimum absolute atomic E-state index is 0.538. The number of nitriles is 1. The number of oxazole rings is 1. The van der Waals surface area contributed by atoms with Crippen LogP contribution in [0.25, 0.3) is 11.1 Å². The summed E-state index contributed by atoms with van der Waals surface area (Å²) >= 11 is 4.83. The predicted octanol–water partition coefficient (Wildman–Crippen LogP) is 4.20. The zero-order chi connectivity index (χ0) is 14.1. The fourth-order valence-electron chi connectivity index (χ4n) is 1.71. The number of nitrogen functional groups attached to an aromatic ring is 1. The van der Waals surface area contributed by atoms with E-state index in [0.29, 0.717) is 22.1 Å². The normalized spacial score (nSPS) is 10.6. The molecule has 0 saturated heterocycles. The van der Waals surface area contributed by atoms with Crippen molar-refractivity contribution in [2.24, 2.45) is 0 Å². The SMILES string of the molecule is N#Cc1ccc(Sc2nc3cc(N)ccc3o2)c(Br)c1. The molecule has 1 aromatic heterocycles. The fourth-order valence-corrected chi connectivity index (χ4v) is 3.09. The molecule has 0 aliphatic heterocycles. The molecule has 1 heterocycles. The molecule has 0 unspecified atom stereocenters. The molecule has 2 N–H and O–H groups in total. The highest BCUT2D eigenvalue weighted by molar-refractivity contribution is 9.10. The average Bonchev–Trinajstić information content (AvgIpc) is 2.82. The molecule has 0 bridgehead atoms.